The molecule has 0 amide bonds. The van der Waals surface area contributed by atoms with Crippen LogP contribution in [-0.4, -0.2) is 22.6 Å². The molecule has 4 nitrogen and oxygen atoms in total. The molecule has 13 heavy (non-hydrogen) atoms. The quantitative estimate of drug-likeness (QED) is 0.697. The number of nitrogens with zero attached hydrogens (tertiary/aromatic N) is 2. The zero-order valence-corrected chi connectivity index (χ0v) is 6.52. The largest absolute Gasteiger partial charge is 0.477 e. The highest BCUT2D eigenvalue weighted by atomic mass is 19.3. The predicted molar refractivity (Wildman–Crippen MR) is 37.4 cm³/mol. The Labute approximate surface area is 72.4 Å². The van der Waals surface area contributed by atoms with Gasteiger partial charge in [-0.15, -0.1) is 0 Å². The molecule has 1 aromatic rings. The van der Waals surface area contributed by atoms with E-state index in [1.54, 1.807) is 0 Å². The van der Waals surface area contributed by atoms with Crippen LogP contribution in [0.25, 0.3) is 0 Å². The molecule has 0 unspecified atom stereocenters. The van der Waals surface area contributed by atoms with Crippen LogP contribution in [0, 0.1) is 0 Å². The van der Waals surface area contributed by atoms with Crippen molar-refractivity contribution in [1.82, 2.24) is 5.10 Å². The van der Waals surface area contributed by atoms with Crippen LogP contribution in [0.15, 0.2) is 18.5 Å². The molecule has 0 atom stereocenters. The van der Waals surface area contributed by atoms with E-state index in [1.165, 1.54) is 12.3 Å². The van der Waals surface area contributed by atoms with Gasteiger partial charge in [0, 0.05) is 0 Å². The number of halogens is 2. The molecule has 0 saturated carbocycles. The second-order valence-corrected chi connectivity index (χ2v) is 2.33. The number of alkyl halides is 2. The van der Waals surface area contributed by atoms with Gasteiger partial charge in [0.05, 0.1) is 6.20 Å². The van der Waals surface area contributed by atoms with Crippen LogP contribution in [0.1, 0.15) is 10.4 Å². The predicted octanol–water partition coefficient (Wildman–Crippen LogP) is 0.332. The van der Waals surface area contributed by atoms with Crippen molar-refractivity contribution in [2.75, 3.05) is 0 Å². The Bertz CT molecular complexity index is 317. The van der Waals surface area contributed by atoms with E-state index in [-0.39, 0.29) is 5.56 Å². The Hall–Kier alpha value is -1.59. The van der Waals surface area contributed by atoms with Crippen molar-refractivity contribution in [1.29, 1.82) is 0 Å². The van der Waals surface area contributed by atoms with Crippen LogP contribution in [0.4, 0.5) is 8.78 Å². The van der Waals surface area contributed by atoms with Crippen molar-refractivity contribution in [3.8, 4) is 0 Å². The summed E-state index contributed by atoms with van der Waals surface area (Å²) in [7, 11) is 0. The first kappa shape index (κ1) is 9.50. The third kappa shape index (κ3) is 2.73. The van der Waals surface area contributed by atoms with Gasteiger partial charge in [-0.1, -0.05) is 4.68 Å². The average Bonchev–Trinajstić information content (AvgIpc) is 2.03. The summed E-state index contributed by atoms with van der Waals surface area (Å²) in [6.45, 7) is -0.596. The van der Waals surface area contributed by atoms with E-state index in [1.807, 2.05) is 0 Å². The van der Waals surface area contributed by atoms with E-state index in [0.717, 1.165) is 10.9 Å². The minimum atomic E-state index is -2.54. The molecule has 0 aliphatic rings. The van der Waals surface area contributed by atoms with Gasteiger partial charge >= 0.3 is 5.97 Å². The summed E-state index contributed by atoms with van der Waals surface area (Å²) in [4.78, 5) is 10.4. The fourth-order valence-electron chi connectivity index (χ4n) is 0.804. The third-order valence-corrected chi connectivity index (χ3v) is 1.33. The lowest BCUT2D eigenvalue weighted by atomic mass is 10.3. The topological polar surface area (TPSA) is 54.1 Å². The summed E-state index contributed by atoms with van der Waals surface area (Å²) in [6, 6.07) is 1.24. The Morgan fingerprint density at radius 1 is 1.69 bits per heavy atom. The molecule has 1 rings (SSSR count). The third-order valence-electron chi connectivity index (χ3n) is 1.33. The standard InChI is InChI=1S/C7H6F2N2O2/c8-6(9)4-11-3-5(7(12)13)1-2-10-11/h1-3,6H,4H2/p+1. The summed E-state index contributed by atoms with van der Waals surface area (Å²) >= 11 is 0. The first-order valence-electron chi connectivity index (χ1n) is 3.47. The molecular formula is C7H7F2N2O2+. The van der Waals surface area contributed by atoms with Crippen molar-refractivity contribution in [2.45, 2.75) is 13.0 Å². The Morgan fingerprint density at radius 2 is 2.38 bits per heavy atom. The lowest BCUT2D eigenvalue weighted by Crippen LogP contribution is -2.41. The van der Waals surface area contributed by atoms with Gasteiger partial charge in [-0.05, 0) is 11.2 Å². The number of rotatable bonds is 3. The number of carboxylic acids is 1. The zero-order valence-electron chi connectivity index (χ0n) is 6.52. The van der Waals surface area contributed by atoms with Gasteiger partial charge in [-0.25, -0.2) is 13.6 Å². The summed E-state index contributed by atoms with van der Waals surface area (Å²) in [6.07, 6.45) is -0.304. The van der Waals surface area contributed by atoms with Gasteiger partial charge < -0.3 is 5.11 Å². The number of carbonyl (C=O) groups is 1. The first-order valence-corrected chi connectivity index (χ1v) is 3.47. The molecule has 0 radical (unpaired) electrons. The maximum Gasteiger partial charge on any atom is 0.341 e. The molecule has 0 saturated heterocycles. The Balaban J connectivity index is 2.85. The van der Waals surface area contributed by atoms with Crippen LogP contribution >= 0.6 is 0 Å². The van der Waals surface area contributed by atoms with Crippen LogP contribution in [0.3, 0.4) is 0 Å². The van der Waals surface area contributed by atoms with E-state index in [2.05, 4.69) is 5.10 Å². The number of hydrogen-bond acceptors (Lipinski definition) is 2. The van der Waals surface area contributed by atoms with Gasteiger partial charge in [0.2, 0.25) is 12.7 Å². The fraction of sp³-hybridized carbons (Fsp3) is 0.286. The van der Waals surface area contributed by atoms with Crippen molar-refractivity contribution >= 4 is 5.97 Å². The van der Waals surface area contributed by atoms with E-state index in [4.69, 9.17) is 5.11 Å². The molecule has 0 fully saturated rings. The normalized spacial score (nSPS) is 10.4. The van der Waals surface area contributed by atoms with E-state index in [9.17, 15) is 13.6 Å². The van der Waals surface area contributed by atoms with Crippen LogP contribution < -0.4 is 4.68 Å². The summed E-state index contributed by atoms with van der Waals surface area (Å²) in [5.41, 5.74) is -0.0596. The second kappa shape index (κ2) is 3.88. The van der Waals surface area contributed by atoms with E-state index < -0.39 is 18.9 Å². The van der Waals surface area contributed by atoms with E-state index >= 15 is 0 Å². The minimum absolute atomic E-state index is 0.0596. The summed E-state index contributed by atoms with van der Waals surface area (Å²) in [5.74, 6) is -1.16. The monoisotopic (exact) mass is 189 g/mol. The Morgan fingerprint density at radius 3 is 2.92 bits per heavy atom. The van der Waals surface area contributed by atoms with Crippen molar-refractivity contribution in [3.05, 3.63) is 24.0 Å². The van der Waals surface area contributed by atoms with Gasteiger partial charge in [-0.2, -0.15) is 0 Å². The zero-order chi connectivity index (χ0) is 9.84. The number of aromatic carboxylic acids is 1. The maximum atomic E-state index is 11.8. The van der Waals surface area contributed by atoms with Crippen molar-refractivity contribution < 1.29 is 23.4 Å². The first-order chi connectivity index (χ1) is 6.09. The summed E-state index contributed by atoms with van der Waals surface area (Å²) in [5, 5.41) is 12.1. The number of aromatic nitrogens is 2. The second-order valence-electron chi connectivity index (χ2n) is 2.33. The highest BCUT2D eigenvalue weighted by molar-refractivity contribution is 5.86. The molecule has 1 aromatic heterocycles. The molecule has 70 valence electrons. The average molecular weight is 189 g/mol. The van der Waals surface area contributed by atoms with Gasteiger partial charge in [0.1, 0.15) is 5.56 Å². The fourth-order valence-corrected chi connectivity index (χ4v) is 0.804. The van der Waals surface area contributed by atoms with Gasteiger partial charge in [-0.3, -0.25) is 0 Å². The lowest BCUT2D eigenvalue weighted by molar-refractivity contribution is -0.761. The van der Waals surface area contributed by atoms with Crippen LogP contribution in [-0.2, 0) is 6.54 Å². The van der Waals surface area contributed by atoms with Crippen molar-refractivity contribution in [3.63, 3.8) is 0 Å². The molecule has 0 aliphatic heterocycles. The van der Waals surface area contributed by atoms with Crippen LogP contribution in [0.5, 0.6) is 0 Å². The number of hydrogen-bond donors (Lipinski definition) is 1. The molecular weight excluding hydrogens is 182 g/mol. The molecule has 0 aliphatic carbocycles. The molecule has 6 heteroatoms. The lowest BCUT2D eigenvalue weighted by Gasteiger charge is -1.93. The Kier molecular flexibility index (Phi) is 2.84. The van der Waals surface area contributed by atoms with E-state index in [0.29, 0.717) is 0 Å². The van der Waals surface area contributed by atoms with Gasteiger partial charge in [0.15, 0.2) is 0 Å². The molecule has 0 spiro atoms. The van der Waals surface area contributed by atoms with Gasteiger partial charge in [0.25, 0.3) is 6.43 Å². The molecule has 1 heterocycles. The summed E-state index contributed by atoms with van der Waals surface area (Å²) < 4.78 is 24.6. The molecule has 0 aromatic carbocycles. The molecule has 1 N–H and O–H groups in total. The maximum absolute atomic E-state index is 11.8. The SMILES string of the molecule is O=C(O)c1ccn[n+](CC(F)F)c1. The minimum Gasteiger partial charge on any atom is -0.477 e. The van der Waals surface area contributed by atoms with Crippen LogP contribution in [0.2, 0.25) is 0 Å². The smallest absolute Gasteiger partial charge is 0.341 e. The highest BCUT2D eigenvalue weighted by Gasteiger charge is 2.15. The highest BCUT2D eigenvalue weighted by Crippen LogP contribution is 1.94. The number of carboxylic acid groups (broad SMARTS) is 1. The van der Waals surface area contributed by atoms with Crippen molar-refractivity contribution in [2.24, 2.45) is 0 Å². The molecule has 0 bridgehead atoms.